The lowest BCUT2D eigenvalue weighted by molar-refractivity contribution is 1.20. The summed E-state index contributed by atoms with van der Waals surface area (Å²) in [7, 11) is 0. The average Bonchev–Trinajstić information content (AvgIpc) is 3.08. The Balaban J connectivity index is 0.000000117. The Labute approximate surface area is 111 Å². The van der Waals surface area contributed by atoms with Gasteiger partial charge in [-0.2, -0.15) is 0 Å². The molecule has 0 amide bonds. The van der Waals surface area contributed by atoms with Crippen molar-refractivity contribution in [3.05, 3.63) is 36.7 Å². The SMILES string of the molecule is Clc1ncnc2nc[nH]c12.c1ncc2[nH]cnc2n1. The zero-order valence-corrected chi connectivity index (χ0v) is 10.2. The van der Waals surface area contributed by atoms with Crippen molar-refractivity contribution >= 4 is 33.9 Å². The first kappa shape index (κ1) is 11.5. The van der Waals surface area contributed by atoms with E-state index in [2.05, 4.69) is 39.9 Å². The molecule has 94 valence electrons. The second-order valence-corrected chi connectivity index (χ2v) is 3.79. The monoisotopic (exact) mass is 274 g/mol. The lowest BCUT2D eigenvalue weighted by Gasteiger charge is -1.86. The van der Waals surface area contributed by atoms with E-state index in [9.17, 15) is 0 Å². The molecule has 0 saturated carbocycles. The number of imidazole rings is 2. The van der Waals surface area contributed by atoms with Crippen LogP contribution in [0.25, 0.3) is 22.3 Å². The van der Waals surface area contributed by atoms with E-state index in [1.807, 2.05) is 0 Å². The topological polar surface area (TPSA) is 109 Å². The van der Waals surface area contributed by atoms with Crippen molar-refractivity contribution in [3.8, 4) is 0 Å². The van der Waals surface area contributed by atoms with Gasteiger partial charge in [-0.25, -0.2) is 29.9 Å². The number of nitrogens with one attached hydrogen (secondary N) is 2. The third kappa shape index (κ3) is 2.33. The highest BCUT2D eigenvalue weighted by Crippen LogP contribution is 2.13. The van der Waals surface area contributed by atoms with E-state index in [1.54, 1.807) is 12.5 Å². The van der Waals surface area contributed by atoms with Gasteiger partial charge in [0.2, 0.25) is 0 Å². The molecule has 19 heavy (non-hydrogen) atoms. The molecule has 8 nitrogen and oxygen atoms in total. The molecule has 0 saturated heterocycles. The summed E-state index contributed by atoms with van der Waals surface area (Å²) < 4.78 is 0. The Hall–Kier alpha value is -2.61. The van der Waals surface area contributed by atoms with Crippen molar-refractivity contribution < 1.29 is 0 Å². The smallest absolute Gasteiger partial charge is 0.182 e. The molecule has 0 aliphatic rings. The van der Waals surface area contributed by atoms with Crippen molar-refractivity contribution in [2.45, 2.75) is 0 Å². The normalized spacial score (nSPS) is 10.4. The number of aromatic nitrogens is 8. The zero-order valence-electron chi connectivity index (χ0n) is 9.45. The Bertz CT molecular complexity index is 777. The Morgan fingerprint density at radius 1 is 0.842 bits per heavy atom. The molecule has 4 aromatic heterocycles. The zero-order chi connectivity index (χ0) is 13.1. The largest absolute Gasteiger partial charge is 0.342 e. The van der Waals surface area contributed by atoms with E-state index < -0.39 is 0 Å². The molecular weight excluding hydrogens is 268 g/mol. The van der Waals surface area contributed by atoms with Gasteiger partial charge in [0.25, 0.3) is 0 Å². The van der Waals surface area contributed by atoms with Gasteiger partial charge in [0, 0.05) is 0 Å². The fourth-order valence-corrected chi connectivity index (χ4v) is 1.61. The molecule has 0 radical (unpaired) electrons. The maximum Gasteiger partial charge on any atom is 0.182 e. The van der Waals surface area contributed by atoms with Crippen molar-refractivity contribution in [1.82, 2.24) is 39.9 Å². The molecule has 0 aliphatic carbocycles. The van der Waals surface area contributed by atoms with Gasteiger partial charge in [0.1, 0.15) is 23.7 Å². The predicted molar refractivity (Wildman–Crippen MR) is 68.4 cm³/mol. The minimum Gasteiger partial charge on any atom is -0.342 e. The van der Waals surface area contributed by atoms with Gasteiger partial charge >= 0.3 is 0 Å². The minimum atomic E-state index is 0.405. The molecule has 0 spiro atoms. The highest BCUT2D eigenvalue weighted by Gasteiger charge is 2.00. The molecule has 0 unspecified atom stereocenters. The van der Waals surface area contributed by atoms with Crippen LogP contribution in [0, 0.1) is 0 Å². The third-order valence-electron chi connectivity index (χ3n) is 2.27. The molecule has 0 fully saturated rings. The van der Waals surface area contributed by atoms with E-state index in [0.29, 0.717) is 22.0 Å². The molecule has 0 aromatic carbocycles. The molecule has 4 heterocycles. The van der Waals surface area contributed by atoms with Gasteiger partial charge in [-0.15, -0.1) is 0 Å². The average molecular weight is 275 g/mol. The highest BCUT2D eigenvalue weighted by molar-refractivity contribution is 6.33. The molecule has 0 aliphatic heterocycles. The first-order chi connectivity index (χ1) is 9.34. The maximum absolute atomic E-state index is 5.68. The Morgan fingerprint density at radius 3 is 2.47 bits per heavy atom. The van der Waals surface area contributed by atoms with Crippen LogP contribution in [0.5, 0.6) is 0 Å². The van der Waals surface area contributed by atoms with E-state index >= 15 is 0 Å². The summed E-state index contributed by atoms with van der Waals surface area (Å²) in [6.45, 7) is 0. The van der Waals surface area contributed by atoms with Crippen LogP contribution in [-0.2, 0) is 0 Å². The Morgan fingerprint density at radius 2 is 1.63 bits per heavy atom. The fourth-order valence-electron chi connectivity index (χ4n) is 1.43. The quantitative estimate of drug-likeness (QED) is 0.469. The summed E-state index contributed by atoms with van der Waals surface area (Å²) in [6.07, 6.45) is 7.68. The summed E-state index contributed by atoms with van der Waals surface area (Å²) in [4.78, 5) is 28.8. The molecule has 2 N–H and O–H groups in total. The first-order valence-corrected chi connectivity index (χ1v) is 5.61. The van der Waals surface area contributed by atoms with Crippen molar-refractivity contribution in [1.29, 1.82) is 0 Å². The lowest BCUT2D eigenvalue weighted by Crippen LogP contribution is -1.80. The van der Waals surface area contributed by atoms with Crippen LogP contribution in [0.15, 0.2) is 31.5 Å². The predicted octanol–water partition coefficient (Wildman–Crippen LogP) is 1.36. The van der Waals surface area contributed by atoms with Gasteiger partial charge in [-0.1, -0.05) is 11.6 Å². The van der Waals surface area contributed by atoms with Crippen molar-refractivity contribution in [3.63, 3.8) is 0 Å². The number of fused-ring (bicyclic) bond motifs is 2. The van der Waals surface area contributed by atoms with Crippen LogP contribution in [0.2, 0.25) is 5.15 Å². The summed E-state index contributed by atoms with van der Waals surface area (Å²) in [5, 5.41) is 0.405. The number of hydrogen-bond acceptors (Lipinski definition) is 6. The third-order valence-corrected chi connectivity index (χ3v) is 2.56. The van der Waals surface area contributed by atoms with Gasteiger partial charge in [-0.05, 0) is 0 Å². The van der Waals surface area contributed by atoms with Crippen LogP contribution in [0.3, 0.4) is 0 Å². The number of aromatic amines is 2. The first-order valence-electron chi connectivity index (χ1n) is 5.23. The van der Waals surface area contributed by atoms with Crippen molar-refractivity contribution in [2.24, 2.45) is 0 Å². The van der Waals surface area contributed by atoms with Crippen LogP contribution >= 0.6 is 11.6 Å². The minimum absolute atomic E-state index is 0.405. The molecule has 9 heteroatoms. The molecule has 0 atom stereocenters. The fraction of sp³-hybridized carbons (Fsp3) is 0. The molecule has 4 aromatic rings. The van der Waals surface area contributed by atoms with E-state index in [1.165, 1.54) is 19.0 Å². The van der Waals surface area contributed by atoms with Gasteiger partial charge < -0.3 is 9.97 Å². The standard InChI is InChI=1S/C5H3ClN4.C5H4N4/c6-4-3-5(9-1-7-3)10-2-8-4;1-4-5(8-2-6-1)9-3-7-4/h1-2H,(H,7,8,9,10);1-3H,(H,6,7,8,9). The Kier molecular flexibility index (Phi) is 2.99. The second kappa shape index (κ2) is 4.94. The van der Waals surface area contributed by atoms with Gasteiger partial charge in [0.15, 0.2) is 16.4 Å². The number of hydrogen-bond donors (Lipinski definition) is 2. The molecule has 4 rings (SSSR count). The lowest BCUT2D eigenvalue weighted by atomic mass is 10.6. The van der Waals surface area contributed by atoms with Gasteiger partial charge in [0.05, 0.1) is 18.9 Å². The number of rotatable bonds is 0. The highest BCUT2D eigenvalue weighted by atomic mass is 35.5. The summed E-state index contributed by atoms with van der Waals surface area (Å²) >= 11 is 5.68. The van der Waals surface area contributed by atoms with Crippen LogP contribution in [0.1, 0.15) is 0 Å². The number of halogens is 1. The summed E-state index contributed by atoms with van der Waals surface area (Å²) in [5.74, 6) is 0. The summed E-state index contributed by atoms with van der Waals surface area (Å²) in [6, 6.07) is 0. The van der Waals surface area contributed by atoms with E-state index in [4.69, 9.17) is 11.6 Å². The molecule has 0 bridgehead atoms. The van der Waals surface area contributed by atoms with Crippen LogP contribution in [0.4, 0.5) is 0 Å². The van der Waals surface area contributed by atoms with Crippen LogP contribution in [-0.4, -0.2) is 39.9 Å². The van der Waals surface area contributed by atoms with Gasteiger partial charge in [-0.3, -0.25) is 0 Å². The second-order valence-electron chi connectivity index (χ2n) is 3.43. The van der Waals surface area contributed by atoms with E-state index in [0.717, 1.165) is 5.52 Å². The van der Waals surface area contributed by atoms with Crippen LogP contribution < -0.4 is 0 Å². The van der Waals surface area contributed by atoms with E-state index in [-0.39, 0.29) is 0 Å². The number of nitrogens with zero attached hydrogens (tertiary/aromatic N) is 6. The maximum atomic E-state index is 5.68. The summed E-state index contributed by atoms with van der Waals surface area (Å²) in [5.41, 5.74) is 2.87. The number of H-pyrrole nitrogens is 2. The van der Waals surface area contributed by atoms with Crippen molar-refractivity contribution in [2.75, 3.05) is 0 Å². The molecular formula is C10H7ClN8.